The van der Waals surface area contributed by atoms with E-state index < -0.39 is 17.7 Å². The zero-order valence-corrected chi connectivity index (χ0v) is 14.1. The van der Waals surface area contributed by atoms with Crippen molar-refractivity contribution >= 4 is 17.2 Å². The van der Waals surface area contributed by atoms with Gasteiger partial charge in [0.15, 0.2) is 0 Å². The van der Waals surface area contributed by atoms with E-state index in [0.717, 1.165) is 10.4 Å². The van der Waals surface area contributed by atoms with Crippen LogP contribution in [0, 0.1) is 0 Å². The first-order chi connectivity index (χ1) is 11.6. The Morgan fingerprint density at radius 3 is 2.75 bits per heavy atom. The topological polar surface area (TPSA) is 52.6 Å². The number of hydrogen-bond donors (Lipinski definition) is 2. The molecule has 0 bridgehead atoms. The van der Waals surface area contributed by atoms with Crippen molar-refractivity contribution in [3.8, 4) is 0 Å². The van der Waals surface area contributed by atoms with E-state index in [1.54, 1.807) is 0 Å². The van der Waals surface area contributed by atoms with Crippen LogP contribution in [0.25, 0.3) is 0 Å². The molecule has 128 valence electrons. The van der Waals surface area contributed by atoms with Gasteiger partial charge >= 0.3 is 0 Å². The first kappa shape index (κ1) is 17.1. The van der Waals surface area contributed by atoms with Crippen LogP contribution in [0.2, 0.25) is 0 Å². The highest BCUT2D eigenvalue weighted by molar-refractivity contribution is 7.10. The Bertz CT molecular complexity index is 657. The summed E-state index contributed by atoms with van der Waals surface area (Å²) in [6.07, 6.45) is -0.637. The number of nitrogens with zero attached hydrogens (tertiary/aromatic N) is 1. The van der Waals surface area contributed by atoms with Crippen LogP contribution in [0.15, 0.2) is 47.8 Å². The SMILES string of the molecule is O=C(N(Cc1ccccc1)CC(O)c1cccs1)C1(F)CCNC1. The van der Waals surface area contributed by atoms with Gasteiger partial charge in [-0.3, -0.25) is 4.79 Å². The number of halogens is 1. The number of hydrogen-bond acceptors (Lipinski definition) is 4. The zero-order chi connectivity index (χ0) is 17.0. The first-order valence-corrected chi connectivity index (χ1v) is 8.91. The molecule has 1 aromatic heterocycles. The Labute approximate surface area is 144 Å². The Balaban J connectivity index is 1.78. The van der Waals surface area contributed by atoms with E-state index in [1.807, 2.05) is 47.8 Å². The number of alkyl halides is 1. The molecule has 1 aliphatic rings. The summed E-state index contributed by atoms with van der Waals surface area (Å²) < 4.78 is 14.9. The van der Waals surface area contributed by atoms with Crippen molar-refractivity contribution < 1.29 is 14.3 Å². The Hall–Kier alpha value is -1.76. The minimum absolute atomic E-state index is 0.0339. The molecule has 2 atom stereocenters. The molecule has 2 heterocycles. The molecule has 1 fully saturated rings. The van der Waals surface area contributed by atoms with Gasteiger partial charge < -0.3 is 15.3 Å². The van der Waals surface area contributed by atoms with Gasteiger partial charge in [0.05, 0.1) is 6.54 Å². The molecule has 0 aliphatic carbocycles. The van der Waals surface area contributed by atoms with Crippen LogP contribution in [0.5, 0.6) is 0 Å². The maximum absolute atomic E-state index is 14.9. The highest BCUT2D eigenvalue weighted by Gasteiger charge is 2.44. The van der Waals surface area contributed by atoms with Crippen molar-refractivity contribution in [1.82, 2.24) is 10.2 Å². The average molecular weight is 348 g/mol. The van der Waals surface area contributed by atoms with Crippen LogP contribution in [0.4, 0.5) is 4.39 Å². The summed E-state index contributed by atoms with van der Waals surface area (Å²) in [6.45, 7) is 0.898. The van der Waals surface area contributed by atoms with E-state index in [-0.39, 0.29) is 26.1 Å². The predicted molar refractivity (Wildman–Crippen MR) is 92.5 cm³/mol. The normalized spacial score (nSPS) is 21.6. The number of benzene rings is 1. The van der Waals surface area contributed by atoms with Crippen LogP contribution in [0.1, 0.15) is 23.0 Å². The van der Waals surface area contributed by atoms with Gasteiger partial charge in [-0.25, -0.2) is 4.39 Å². The minimum atomic E-state index is -1.88. The van der Waals surface area contributed by atoms with Crippen LogP contribution in [0.3, 0.4) is 0 Å². The van der Waals surface area contributed by atoms with Crippen LogP contribution < -0.4 is 5.32 Å². The fraction of sp³-hybridized carbons (Fsp3) is 0.389. The van der Waals surface area contributed by atoms with Gasteiger partial charge in [-0.15, -0.1) is 11.3 Å². The van der Waals surface area contributed by atoms with Crippen molar-refractivity contribution in [1.29, 1.82) is 0 Å². The summed E-state index contributed by atoms with van der Waals surface area (Å²) in [5.74, 6) is -0.549. The summed E-state index contributed by atoms with van der Waals surface area (Å²) in [5, 5.41) is 15.2. The molecule has 4 nitrogen and oxygen atoms in total. The smallest absolute Gasteiger partial charge is 0.262 e. The molecule has 0 spiro atoms. The third kappa shape index (κ3) is 3.83. The molecule has 0 saturated carbocycles. The molecule has 2 N–H and O–H groups in total. The summed E-state index contributed by atoms with van der Waals surface area (Å²) in [4.78, 5) is 15.0. The van der Waals surface area contributed by atoms with Gasteiger partial charge in [0.2, 0.25) is 5.67 Å². The number of aliphatic hydroxyl groups excluding tert-OH is 1. The lowest BCUT2D eigenvalue weighted by atomic mass is 10.0. The summed E-state index contributed by atoms with van der Waals surface area (Å²) in [6, 6.07) is 13.1. The van der Waals surface area contributed by atoms with E-state index in [1.165, 1.54) is 16.2 Å². The monoisotopic (exact) mass is 348 g/mol. The van der Waals surface area contributed by atoms with Gasteiger partial charge in [0, 0.05) is 24.4 Å². The molecule has 0 radical (unpaired) electrons. The van der Waals surface area contributed by atoms with Crippen molar-refractivity contribution in [2.24, 2.45) is 0 Å². The van der Waals surface area contributed by atoms with Crippen LogP contribution in [-0.2, 0) is 11.3 Å². The highest BCUT2D eigenvalue weighted by atomic mass is 32.1. The molecular weight excluding hydrogens is 327 g/mol. The largest absolute Gasteiger partial charge is 0.386 e. The molecule has 1 aliphatic heterocycles. The minimum Gasteiger partial charge on any atom is -0.386 e. The Morgan fingerprint density at radius 1 is 1.33 bits per heavy atom. The van der Waals surface area contributed by atoms with Crippen molar-refractivity contribution in [2.75, 3.05) is 19.6 Å². The molecule has 6 heteroatoms. The second-order valence-corrected chi connectivity index (χ2v) is 7.07. The lowest BCUT2D eigenvalue weighted by Crippen LogP contribution is -2.48. The maximum atomic E-state index is 14.9. The lowest BCUT2D eigenvalue weighted by Gasteiger charge is -2.30. The van der Waals surface area contributed by atoms with Gasteiger partial charge in [0.1, 0.15) is 6.10 Å². The second-order valence-electron chi connectivity index (χ2n) is 6.09. The first-order valence-electron chi connectivity index (χ1n) is 8.03. The molecule has 24 heavy (non-hydrogen) atoms. The number of nitrogens with one attached hydrogen (secondary N) is 1. The average Bonchev–Trinajstić information content (AvgIpc) is 3.27. The molecule has 1 aromatic carbocycles. The summed E-state index contributed by atoms with van der Waals surface area (Å²) >= 11 is 1.43. The number of carbonyl (C=O) groups is 1. The fourth-order valence-corrected chi connectivity index (χ4v) is 3.63. The molecule has 3 rings (SSSR count). The van der Waals surface area contributed by atoms with Gasteiger partial charge in [-0.1, -0.05) is 36.4 Å². The molecule has 2 unspecified atom stereocenters. The summed E-state index contributed by atoms with van der Waals surface area (Å²) in [7, 11) is 0. The van der Waals surface area contributed by atoms with Gasteiger partial charge in [-0.05, 0) is 23.6 Å². The van der Waals surface area contributed by atoms with Gasteiger partial charge in [-0.2, -0.15) is 0 Å². The quantitative estimate of drug-likeness (QED) is 0.843. The maximum Gasteiger partial charge on any atom is 0.262 e. The molecule has 2 aromatic rings. The zero-order valence-electron chi connectivity index (χ0n) is 13.3. The Kier molecular flexibility index (Phi) is 5.28. The predicted octanol–water partition coefficient (Wildman–Crippen LogP) is 2.51. The van der Waals surface area contributed by atoms with E-state index in [2.05, 4.69) is 5.32 Å². The lowest BCUT2D eigenvalue weighted by molar-refractivity contribution is -0.145. The Morgan fingerprint density at radius 2 is 2.12 bits per heavy atom. The number of rotatable bonds is 6. The molecular formula is C18H21FN2O2S. The second kappa shape index (κ2) is 7.42. The fourth-order valence-electron chi connectivity index (χ4n) is 2.93. The van der Waals surface area contributed by atoms with E-state index >= 15 is 0 Å². The van der Waals surface area contributed by atoms with E-state index in [0.29, 0.717) is 6.54 Å². The number of carbonyl (C=O) groups excluding carboxylic acids is 1. The van der Waals surface area contributed by atoms with Crippen LogP contribution >= 0.6 is 11.3 Å². The van der Waals surface area contributed by atoms with E-state index in [9.17, 15) is 14.3 Å². The van der Waals surface area contributed by atoms with Crippen molar-refractivity contribution in [2.45, 2.75) is 24.7 Å². The van der Waals surface area contributed by atoms with Crippen molar-refractivity contribution in [3.63, 3.8) is 0 Å². The third-order valence-electron chi connectivity index (χ3n) is 4.25. The van der Waals surface area contributed by atoms with Crippen LogP contribution in [-0.4, -0.2) is 41.2 Å². The standard InChI is InChI=1S/C18H21FN2O2S/c19-18(8-9-20-13-18)17(23)21(11-14-5-2-1-3-6-14)12-15(22)16-7-4-10-24-16/h1-7,10,15,20,22H,8-9,11-13H2. The number of amides is 1. The van der Waals surface area contributed by atoms with Crippen molar-refractivity contribution in [3.05, 3.63) is 58.3 Å². The molecule has 1 amide bonds. The molecule has 1 saturated heterocycles. The summed E-state index contributed by atoms with van der Waals surface area (Å²) in [5.41, 5.74) is -0.969. The van der Waals surface area contributed by atoms with Gasteiger partial charge in [0.25, 0.3) is 5.91 Å². The number of thiophene rings is 1. The highest BCUT2D eigenvalue weighted by Crippen LogP contribution is 2.26. The van der Waals surface area contributed by atoms with E-state index in [4.69, 9.17) is 0 Å². The third-order valence-corrected chi connectivity index (χ3v) is 5.23. The number of aliphatic hydroxyl groups is 1.